The molecule has 0 aliphatic heterocycles. The molecule has 6 nitrogen and oxygen atoms in total. The van der Waals surface area contributed by atoms with Crippen LogP contribution in [0.3, 0.4) is 0 Å². The van der Waals surface area contributed by atoms with Crippen LogP contribution in [0.5, 0.6) is 0 Å². The van der Waals surface area contributed by atoms with Gasteiger partial charge < -0.3 is 15.4 Å². The highest BCUT2D eigenvalue weighted by Gasteiger charge is 2.11. The number of rotatable bonds is 7. The van der Waals surface area contributed by atoms with Gasteiger partial charge in [-0.05, 0) is 18.9 Å². The molecule has 1 aromatic heterocycles. The fourth-order valence-electron chi connectivity index (χ4n) is 2.75. The van der Waals surface area contributed by atoms with Crippen molar-refractivity contribution in [1.82, 2.24) is 20.4 Å². The van der Waals surface area contributed by atoms with E-state index in [4.69, 9.17) is 4.74 Å². The quantitative estimate of drug-likeness (QED) is 0.349. The fourth-order valence-corrected chi connectivity index (χ4v) is 2.75. The number of hydrogen-bond acceptors (Lipinski definition) is 3. The molecule has 2 rings (SSSR count). The highest BCUT2D eigenvalue weighted by atomic mass is 16.5. The van der Waals surface area contributed by atoms with E-state index in [1.165, 1.54) is 38.5 Å². The second-order valence-electron chi connectivity index (χ2n) is 5.68. The summed E-state index contributed by atoms with van der Waals surface area (Å²) in [7, 11) is 1.79. The second kappa shape index (κ2) is 10.2. The van der Waals surface area contributed by atoms with E-state index in [9.17, 15) is 0 Å². The first-order chi connectivity index (χ1) is 10.9. The molecule has 0 unspecified atom stereocenters. The summed E-state index contributed by atoms with van der Waals surface area (Å²) in [5.41, 5.74) is 0. The van der Waals surface area contributed by atoms with Crippen molar-refractivity contribution < 1.29 is 4.74 Å². The Kier molecular flexibility index (Phi) is 7.80. The van der Waals surface area contributed by atoms with Gasteiger partial charge in [-0.15, -0.1) is 0 Å². The van der Waals surface area contributed by atoms with Gasteiger partial charge in [0.15, 0.2) is 5.96 Å². The van der Waals surface area contributed by atoms with Gasteiger partial charge in [0.1, 0.15) is 0 Å². The number of aromatic nitrogens is 2. The van der Waals surface area contributed by atoms with E-state index in [1.54, 1.807) is 13.2 Å². The molecule has 0 radical (unpaired) electrons. The average Bonchev–Trinajstić information content (AvgIpc) is 2.92. The molecule has 0 spiro atoms. The molecule has 0 amide bonds. The average molecular weight is 307 g/mol. The SMILES string of the molecule is CN=C(NCCOC1CCCCCC1)NCCn1cccn1. The summed E-state index contributed by atoms with van der Waals surface area (Å²) in [6, 6.07) is 1.93. The topological polar surface area (TPSA) is 63.5 Å². The number of ether oxygens (including phenoxy) is 1. The van der Waals surface area contributed by atoms with Gasteiger partial charge in [0, 0.05) is 32.5 Å². The normalized spacial score (nSPS) is 17.2. The zero-order valence-corrected chi connectivity index (χ0v) is 13.6. The van der Waals surface area contributed by atoms with E-state index >= 15 is 0 Å². The van der Waals surface area contributed by atoms with E-state index in [0.717, 1.165) is 32.2 Å². The molecule has 1 heterocycles. The fraction of sp³-hybridized carbons (Fsp3) is 0.750. The summed E-state index contributed by atoms with van der Waals surface area (Å²) in [6.07, 6.45) is 12.0. The molecular weight excluding hydrogens is 278 g/mol. The van der Waals surface area contributed by atoms with Gasteiger partial charge >= 0.3 is 0 Å². The first-order valence-electron chi connectivity index (χ1n) is 8.42. The van der Waals surface area contributed by atoms with Crippen molar-refractivity contribution in [2.75, 3.05) is 26.7 Å². The van der Waals surface area contributed by atoms with Crippen LogP contribution >= 0.6 is 0 Å². The summed E-state index contributed by atoms with van der Waals surface area (Å²) in [4.78, 5) is 4.22. The number of aliphatic imine (C=N–C) groups is 1. The minimum atomic E-state index is 0.457. The van der Waals surface area contributed by atoms with Crippen LogP contribution in [0.25, 0.3) is 0 Å². The molecule has 6 heteroatoms. The van der Waals surface area contributed by atoms with Crippen molar-refractivity contribution in [2.45, 2.75) is 51.2 Å². The van der Waals surface area contributed by atoms with Crippen LogP contribution in [0.4, 0.5) is 0 Å². The van der Waals surface area contributed by atoms with Crippen molar-refractivity contribution >= 4 is 5.96 Å². The predicted molar refractivity (Wildman–Crippen MR) is 89.0 cm³/mol. The summed E-state index contributed by atoms with van der Waals surface area (Å²) in [5, 5.41) is 10.7. The van der Waals surface area contributed by atoms with E-state index in [-0.39, 0.29) is 0 Å². The third-order valence-corrected chi connectivity index (χ3v) is 3.97. The van der Waals surface area contributed by atoms with E-state index in [0.29, 0.717) is 6.10 Å². The Balaban J connectivity index is 1.54. The summed E-state index contributed by atoms with van der Waals surface area (Å²) in [5.74, 6) is 0.816. The number of nitrogens with zero attached hydrogens (tertiary/aromatic N) is 3. The molecule has 1 aromatic rings. The Morgan fingerprint density at radius 2 is 2.00 bits per heavy atom. The highest BCUT2D eigenvalue weighted by molar-refractivity contribution is 5.79. The van der Waals surface area contributed by atoms with Crippen LogP contribution in [0.2, 0.25) is 0 Å². The zero-order chi connectivity index (χ0) is 15.5. The first kappa shape index (κ1) is 16.8. The van der Waals surface area contributed by atoms with Crippen LogP contribution in [-0.2, 0) is 11.3 Å². The van der Waals surface area contributed by atoms with Crippen LogP contribution in [0, 0.1) is 0 Å². The molecule has 0 bridgehead atoms. The number of guanidine groups is 1. The largest absolute Gasteiger partial charge is 0.376 e. The lowest BCUT2D eigenvalue weighted by Gasteiger charge is -2.16. The molecule has 0 saturated heterocycles. The van der Waals surface area contributed by atoms with E-state index < -0.39 is 0 Å². The van der Waals surface area contributed by atoms with Crippen LogP contribution in [-0.4, -0.2) is 48.6 Å². The lowest BCUT2D eigenvalue weighted by atomic mass is 10.1. The molecule has 0 atom stereocenters. The third-order valence-electron chi connectivity index (χ3n) is 3.97. The molecule has 1 fully saturated rings. The summed E-state index contributed by atoms with van der Waals surface area (Å²) in [6.45, 7) is 3.15. The maximum atomic E-state index is 5.96. The van der Waals surface area contributed by atoms with Crippen molar-refractivity contribution in [3.63, 3.8) is 0 Å². The van der Waals surface area contributed by atoms with Crippen LogP contribution in [0.1, 0.15) is 38.5 Å². The lowest BCUT2D eigenvalue weighted by molar-refractivity contribution is 0.0468. The molecule has 22 heavy (non-hydrogen) atoms. The maximum Gasteiger partial charge on any atom is 0.191 e. The molecular formula is C16H29N5O. The summed E-state index contributed by atoms with van der Waals surface area (Å²) < 4.78 is 7.86. The van der Waals surface area contributed by atoms with Gasteiger partial charge in [0.25, 0.3) is 0 Å². The Hall–Kier alpha value is -1.56. The van der Waals surface area contributed by atoms with Crippen molar-refractivity contribution in [3.05, 3.63) is 18.5 Å². The minimum Gasteiger partial charge on any atom is -0.376 e. The Morgan fingerprint density at radius 3 is 2.68 bits per heavy atom. The lowest BCUT2D eigenvalue weighted by Crippen LogP contribution is -2.40. The third kappa shape index (κ3) is 6.47. The van der Waals surface area contributed by atoms with E-state index in [1.807, 2.05) is 16.9 Å². The van der Waals surface area contributed by atoms with Crippen LogP contribution in [0.15, 0.2) is 23.5 Å². The molecule has 2 N–H and O–H groups in total. The van der Waals surface area contributed by atoms with Crippen molar-refractivity contribution in [3.8, 4) is 0 Å². The molecule has 1 aliphatic carbocycles. The molecule has 1 saturated carbocycles. The maximum absolute atomic E-state index is 5.96. The van der Waals surface area contributed by atoms with Gasteiger partial charge in [-0.3, -0.25) is 9.67 Å². The molecule has 124 valence electrons. The Labute approximate surface area is 133 Å². The van der Waals surface area contributed by atoms with Gasteiger partial charge in [-0.1, -0.05) is 25.7 Å². The smallest absolute Gasteiger partial charge is 0.191 e. The monoisotopic (exact) mass is 307 g/mol. The van der Waals surface area contributed by atoms with Crippen molar-refractivity contribution in [2.24, 2.45) is 4.99 Å². The minimum absolute atomic E-state index is 0.457. The van der Waals surface area contributed by atoms with Crippen LogP contribution < -0.4 is 10.6 Å². The van der Waals surface area contributed by atoms with Crippen molar-refractivity contribution in [1.29, 1.82) is 0 Å². The first-order valence-corrected chi connectivity index (χ1v) is 8.42. The van der Waals surface area contributed by atoms with Gasteiger partial charge in [-0.25, -0.2) is 0 Å². The van der Waals surface area contributed by atoms with Gasteiger partial charge in [-0.2, -0.15) is 5.10 Å². The second-order valence-corrected chi connectivity index (χ2v) is 5.68. The Bertz CT molecular complexity index is 410. The molecule has 1 aliphatic rings. The Morgan fingerprint density at radius 1 is 1.23 bits per heavy atom. The standard InChI is InChI=1S/C16H29N5O/c1-17-16(18-10-13-21-12-6-9-20-21)19-11-14-22-15-7-4-2-3-5-8-15/h6,9,12,15H,2-5,7-8,10-11,13-14H2,1H3,(H2,17,18,19). The van der Waals surface area contributed by atoms with E-state index in [2.05, 4.69) is 20.7 Å². The van der Waals surface area contributed by atoms with Gasteiger partial charge in [0.2, 0.25) is 0 Å². The molecule has 0 aromatic carbocycles. The predicted octanol–water partition coefficient (Wildman–Crippen LogP) is 1.79. The highest BCUT2D eigenvalue weighted by Crippen LogP contribution is 2.19. The summed E-state index contributed by atoms with van der Waals surface area (Å²) >= 11 is 0. The number of nitrogens with one attached hydrogen (secondary N) is 2. The van der Waals surface area contributed by atoms with Gasteiger partial charge in [0.05, 0.1) is 19.3 Å². The zero-order valence-electron chi connectivity index (χ0n) is 13.6. The number of hydrogen-bond donors (Lipinski definition) is 2.